The van der Waals surface area contributed by atoms with Gasteiger partial charge in [-0.2, -0.15) is 0 Å². The number of hydrogen-bond acceptors (Lipinski definition) is 5. The molecule has 0 aliphatic rings. The van der Waals surface area contributed by atoms with Crippen LogP contribution in [0.15, 0.2) is 47.8 Å². The van der Waals surface area contributed by atoms with Gasteiger partial charge in [0.25, 0.3) is 0 Å². The Morgan fingerprint density at radius 3 is 2.27 bits per heavy atom. The number of carbonyl (C=O) groups excluding carboxylic acids is 3. The van der Waals surface area contributed by atoms with E-state index in [9.17, 15) is 14.4 Å². The van der Waals surface area contributed by atoms with Crippen LogP contribution in [0.3, 0.4) is 0 Å². The molecule has 0 spiro atoms. The zero-order valence-electron chi connectivity index (χ0n) is 17.3. The Morgan fingerprint density at radius 2 is 1.70 bits per heavy atom. The van der Waals surface area contributed by atoms with Crippen LogP contribution >= 0.6 is 11.3 Å². The molecule has 162 valence electrons. The Hall–Kier alpha value is -2.71. The van der Waals surface area contributed by atoms with Crippen molar-refractivity contribution in [3.63, 3.8) is 0 Å². The van der Waals surface area contributed by atoms with Crippen molar-refractivity contribution in [3.8, 4) is 0 Å². The number of amides is 3. The van der Waals surface area contributed by atoms with Crippen molar-refractivity contribution in [2.24, 2.45) is 17.4 Å². The van der Waals surface area contributed by atoms with E-state index in [0.29, 0.717) is 12.8 Å². The number of nitrogens with two attached hydrogens (primary N) is 2. The van der Waals surface area contributed by atoms with Crippen molar-refractivity contribution in [1.29, 1.82) is 0 Å². The average Bonchev–Trinajstić information content (AvgIpc) is 3.24. The first-order valence-electron chi connectivity index (χ1n) is 10.0. The number of thiophene rings is 1. The minimum Gasteiger partial charge on any atom is -0.368 e. The number of primary amides is 1. The highest BCUT2D eigenvalue weighted by Gasteiger charge is 2.30. The molecule has 7 nitrogen and oxygen atoms in total. The van der Waals surface area contributed by atoms with Gasteiger partial charge in [0.15, 0.2) is 0 Å². The van der Waals surface area contributed by atoms with Crippen LogP contribution in [0.5, 0.6) is 0 Å². The van der Waals surface area contributed by atoms with E-state index in [1.54, 1.807) is 0 Å². The van der Waals surface area contributed by atoms with Gasteiger partial charge < -0.3 is 22.1 Å². The lowest BCUT2D eigenvalue weighted by Gasteiger charge is -2.27. The molecule has 4 atom stereocenters. The fourth-order valence-corrected chi connectivity index (χ4v) is 3.80. The summed E-state index contributed by atoms with van der Waals surface area (Å²) in [6.45, 7) is 3.80. The summed E-state index contributed by atoms with van der Waals surface area (Å²) in [5.41, 5.74) is 12.4. The predicted octanol–water partition coefficient (Wildman–Crippen LogP) is 1.36. The maximum absolute atomic E-state index is 13.0. The molecule has 2 rings (SSSR count). The fraction of sp³-hybridized carbons (Fsp3) is 0.409. The molecule has 0 bridgehead atoms. The molecule has 0 aliphatic carbocycles. The van der Waals surface area contributed by atoms with Gasteiger partial charge in [-0.3, -0.25) is 14.4 Å². The van der Waals surface area contributed by atoms with Gasteiger partial charge >= 0.3 is 0 Å². The molecule has 3 amide bonds. The Labute approximate surface area is 181 Å². The van der Waals surface area contributed by atoms with E-state index in [-0.39, 0.29) is 12.3 Å². The van der Waals surface area contributed by atoms with Gasteiger partial charge in [-0.25, -0.2) is 0 Å². The van der Waals surface area contributed by atoms with E-state index in [0.717, 1.165) is 10.4 Å². The van der Waals surface area contributed by atoms with Gasteiger partial charge in [0.1, 0.15) is 12.1 Å². The van der Waals surface area contributed by atoms with Crippen molar-refractivity contribution < 1.29 is 14.4 Å². The quantitative estimate of drug-likeness (QED) is 0.429. The standard InChI is InChI=1S/C22H30N4O3S/c1-3-14(2)19(26-21(28)17(23)13-16-10-7-11-30-16)22(29)25-18(20(24)27)12-15-8-5-4-6-9-15/h4-11,14,17-19H,3,12-13,23H2,1-2H3,(H2,24,27)(H,25,29)(H,26,28)/t14-,17-,18-,19-/m0/s1. The molecule has 0 saturated carbocycles. The molecule has 0 unspecified atom stereocenters. The Balaban J connectivity index is 2.05. The summed E-state index contributed by atoms with van der Waals surface area (Å²) in [6.07, 6.45) is 1.34. The highest BCUT2D eigenvalue weighted by Crippen LogP contribution is 2.13. The normalized spacial score (nSPS) is 14.9. The molecule has 0 aliphatic heterocycles. The molecule has 8 heteroatoms. The third kappa shape index (κ3) is 6.96. The Kier molecular flexibility index (Phi) is 9.01. The summed E-state index contributed by atoms with van der Waals surface area (Å²) in [5, 5.41) is 7.39. The third-order valence-corrected chi connectivity index (χ3v) is 5.97. The fourth-order valence-electron chi connectivity index (χ4n) is 3.03. The van der Waals surface area contributed by atoms with Crippen LogP contribution in [-0.4, -0.2) is 35.8 Å². The largest absolute Gasteiger partial charge is 0.368 e. The minimum atomic E-state index is -0.872. The first-order chi connectivity index (χ1) is 14.3. The van der Waals surface area contributed by atoms with E-state index >= 15 is 0 Å². The SMILES string of the molecule is CC[C@H](C)[C@H](NC(=O)[C@@H](N)Cc1cccs1)C(=O)N[C@@H](Cc1ccccc1)C(N)=O. The molecule has 0 fully saturated rings. The Bertz CT molecular complexity index is 826. The van der Waals surface area contributed by atoms with Gasteiger partial charge in [0.2, 0.25) is 17.7 Å². The first kappa shape index (κ1) is 23.6. The van der Waals surface area contributed by atoms with Gasteiger partial charge in [-0.05, 0) is 22.9 Å². The third-order valence-electron chi connectivity index (χ3n) is 5.07. The van der Waals surface area contributed by atoms with Crippen molar-refractivity contribution in [1.82, 2.24) is 10.6 Å². The lowest BCUT2D eigenvalue weighted by atomic mass is 9.96. The van der Waals surface area contributed by atoms with E-state index in [4.69, 9.17) is 11.5 Å². The summed E-state index contributed by atoms with van der Waals surface area (Å²) < 4.78 is 0. The molecule has 1 aromatic heterocycles. The maximum atomic E-state index is 13.0. The second kappa shape index (κ2) is 11.5. The van der Waals surface area contributed by atoms with Crippen molar-refractivity contribution in [2.75, 3.05) is 0 Å². The predicted molar refractivity (Wildman–Crippen MR) is 119 cm³/mol. The van der Waals surface area contributed by atoms with Gasteiger partial charge in [-0.15, -0.1) is 11.3 Å². The second-order valence-electron chi connectivity index (χ2n) is 7.42. The van der Waals surface area contributed by atoms with Gasteiger partial charge in [-0.1, -0.05) is 56.7 Å². The summed E-state index contributed by atoms with van der Waals surface area (Å²) in [7, 11) is 0. The lowest BCUT2D eigenvalue weighted by molar-refractivity contribution is -0.132. The summed E-state index contributed by atoms with van der Waals surface area (Å²) in [5.74, 6) is -1.62. The van der Waals surface area contributed by atoms with Crippen LogP contribution in [0.2, 0.25) is 0 Å². The van der Waals surface area contributed by atoms with Crippen LogP contribution in [0.4, 0.5) is 0 Å². The molecule has 1 aromatic carbocycles. The topological polar surface area (TPSA) is 127 Å². The lowest BCUT2D eigenvalue weighted by Crippen LogP contribution is -2.57. The van der Waals surface area contributed by atoms with Crippen LogP contribution in [0, 0.1) is 5.92 Å². The van der Waals surface area contributed by atoms with E-state index < -0.39 is 35.8 Å². The number of hydrogen-bond donors (Lipinski definition) is 4. The zero-order valence-corrected chi connectivity index (χ0v) is 18.2. The van der Waals surface area contributed by atoms with E-state index in [1.807, 2.05) is 61.7 Å². The Morgan fingerprint density at radius 1 is 1.00 bits per heavy atom. The molecule has 0 saturated heterocycles. The van der Waals surface area contributed by atoms with Gasteiger partial charge in [0.05, 0.1) is 6.04 Å². The zero-order chi connectivity index (χ0) is 22.1. The van der Waals surface area contributed by atoms with Gasteiger partial charge in [0, 0.05) is 17.7 Å². The van der Waals surface area contributed by atoms with E-state index in [1.165, 1.54) is 11.3 Å². The minimum absolute atomic E-state index is 0.145. The second-order valence-corrected chi connectivity index (χ2v) is 8.45. The van der Waals surface area contributed by atoms with Crippen molar-refractivity contribution in [3.05, 3.63) is 58.3 Å². The molecule has 6 N–H and O–H groups in total. The molecular weight excluding hydrogens is 400 g/mol. The molecule has 30 heavy (non-hydrogen) atoms. The summed E-state index contributed by atoms with van der Waals surface area (Å²) in [6, 6.07) is 10.7. The van der Waals surface area contributed by atoms with Crippen molar-refractivity contribution >= 4 is 29.1 Å². The van der Waals surface area contributed by atoms with Crippen LogP contribution < -0.4 is 22.1 Å². The summed E-state index contributed by atoms with van der Waals surface area (Å²) >= 11 is 1.53. The maximum Gasteiger partial charge on any atom is 0.243 e. The number of nitrogens with one attached hydrogen (secondary N) is 2. The average molecular weight is 431 g/mol. The molecule has 2 aromatic rings. The monoisotopic (exact) mass is 430 g/mol. The molecule has 0 radical (unpaired) electrons. The first-order valence-corrected chi connectivity index (χ1v) is 10.9. The highest BCUT2D eigenvalue weighted by molar-refractivity contribution is 7.09. The summed E-state index contributed by atoms with van der Waals surface area (Å²) in [4.78, 5) is 38.5. The number of carbonyl (C=O) groups is 3. The highest BCUT2D eigenvalue weighted by atomic mass is 32.1. The van der Waals surface area contributed by atoms with Crippen LogP contribution in [-0.2, 0) is 27.2 Å². The smallest absolute Gasteiger partial charge is 0.243 e. The number of benzene rings is 1. The van der Waals surface area contributed by atoms with Crippen LogP contribution in [0.25, 0.3) is 0 Å². The molecular formula is C22H30N4O3S. The van der Waals surface area contributed by atoms with E-state index in [2.05, 4.69) is 10.6 Å². The van der Waals surface area contributed by atoms with Crippen molar-refractivity contribution in [2.45, 2.75) is 51.2 Å². The molecule has 1 heterocycles. The van der Waals surface area contributed by atoms with Crippen LogP contribution in [0.1, 0.15) is 30.7 Å². The number of rotatable bonds is 11.